The summed E-state index contributed by atoms with van der Waals surface area (Å²) < 4.78 is 7.06. The Morgan fingerprint density at radius 2 is 1.82 bits per heavy atom. The molecule has 0 saturated heterocycles. The van der Waals surface area contributed by atoms with Crippen molar-refractivity contribution in [2.24, 2.45) is 4.99 Å². The molecule has 10 nitrogen and oxygen atoms in total. The van der Waals surface area contributed by atoms with Crippen LogP contribution in [-0.4, -0.2) is 39.1 Å². The minimum absolute atomic E-state index is 0.353. The van der Waals surface area contributed by atoms with E-state index in [1.165, 1.54) is 24.3 Å². The van der Waals surface area contributed by atoms with Gasteiger partial charge in [0.1, 0.15) is 6.33 Å². The lowest BCUT2D eigenvalue weighted by atomic mass is 9.89. The molecular weight excluding hydrogens is 601 g/mol. The number of aromatic nitrogens is 5. The summed E-state index contributed by atoms with van der Waals surface area (Å²) in [7, 11) is 1.30. The average Bonchev–Trinajstić information content (AvgIpc) is 3.71. The van der Waals surface area contributed by atoms with Gasteiger partial charge in [-0.3, -0.25) is 10.3 Å². The highest BCUT2D eigenvalue weighted by Crippen LogP contribution is 2.37. The first-order chi connectivity index (χ1) is 21.4. The van der Waals surface area contributed by atoms with Crippen LogP contribution in [0.15, 0.2) is 107 Å². The molecule has 220 valence electrons. The molecule has 0 radical (unpaired) electrons. The molecule has 1 amide bonds. The third kappa shape index (κ3) is 6.17. The molecule has 6 rings (SSSR count). The number of ether oxygens (including phenoxy) is 1. The van der Waals surface area contributed by atoms with Gasteiger partial charge in [-0.25, -0.2) is 4.79 Å². The zero-order valence-corrected chi connectivity index (χ0v) is 24.9. The molecular formula is C32H25Cl2N7O3. The monoisotopic (exact) mass is 625 g/mol. The second kappa shape index (κ2) is 12.7. The number of halogens is 2. The maximum Gasteiger partial charge on any atom is 0.411 e. The van der Waals surface area contributed by atoms with Gasteiger partial charge in [-0.2, -0.15) is 9.41 Å². The van der Waals surface area contributed by atoms with Crippen molar-refractivity contribution in [1.82, 2.24) is 20.2 Å². The molecule has 1 aliphatic rings. The van der Waals surface area contributed by atoms with Crippen LogP contribution in [0, 0.1) is 5.21 Å². The Morgan fingerprint density at radius 3 is 2.52 bits per heavy atom. The number of anilines is 1. The Labute approximate surface area is 262 Å². The average molecular weight is 627 g/mol. The fourth-order valence-electron chi connectivity index (χ4n) is 5.16. The lowest BCUT2D eigenvalue weighted by Gasteiger charge is -2.18. The van der Waals surface area contributed by atoms with Crippen molar-refractivity contribution in [3.05, 3.63) is 130 Å². The number of pyridine rings is 1. The molecule has 2 aromatic heterocycles. The van der Waals surface area contributed by atoms with E-state index in [0.29, 0.717) is 56.8 Å². The third-order valence-corrected chi connectivity index (χ3v) is 7.84. The van der Waals surface area contributed by atoms with Crippen molar-refractivity contribution in [2.45, 2.75) is 18.8 Å². The Morgan fingerprint density at radius 1 is 1.05 bits per heavy atom. The first-order valence-electron chi connectivity index (χ1n) is 13.6. The maximum absolute atomic E-state index is 13.8. The van der Waals surface area contributed by atoms with Gasteiger partial charge in [0.05, 0.1) is 24.4 Å². The number of rotatable bonds is 8. The lowest BCUT2D eigenvalue weighted by molar-refractivity contribution is -0.614. The number of carbonyl (C=O) groups excluding carboxylic acids is 1. The van der Waals surface area contributed by atoms with E-state index in [1.807, 2.05) is 54.6 Å². The number of allylic oxidation sites excluding steroid dienone is 1. The van der Waals surface area contributed by atoms with Crippen LogP contribution in [0.2, 0.25) is 5.02 Å². The second-order valence-corrected chi connectivity index (χ2v) is 10.9. The van der Waals surface area contributed by atoms with Crippen LogP contribution in [0.25, 0.3) is 22.5 Å². The number of carbonyl (C=O) groups is 1. The van der Waals surface area contributed by atoms with E-state index in [9.17, 15) is 10.0 Å². The molecule has 1 unspecified atom stereocenters. The second-order valence-electron chi connectivity index (χ2n) is 10.1. The maximum atomic E-state index is 13.8. The quantitative estimate of drug-likeness (QED) is 0.154. The van der Waals surface area contributed by atoms with Crippen LogP contribution in [0.5, 0.6) is 0 Å². The van der Waals surface area contributed by atoms with Crippen LogP contribution in [0.4, 0.5) is 10.5 Å². The van der Waals surface area contributed by atoms with Crippen molar-refractivity contribution >= 4 is 46.4 Å². The van der Waals surface area contributed by atoms with Crippen LogP contribution in [0.1, 0.15) is 29.2 Å². The SMILES string of the molecule is COC(=O)Nc1ccc(C2=C(Cl)CC(C(Cc3ccccc3)c3ccc(-c4cc(Cl)ccc4-n4cnnn4)c[n+]3[O-])=N2)cc1. The number of benzene rings is 3. The molecule has 1 N–H and O–H groups in total. The highest BCUT2D eigenvalue weighted by molar-refractivity contribution is 6.36. The van der Waals surface area contributed by atoms with Crippen molar-refractivity contribution in [3.8, 4) is 16.8 Å². The summed E-state index contributed by atoms with van der Waals surface area (Å²) >= 11 is 13.1. The fraction of sp³-hybridized carbons (Fsp3) is 0.125. The minimum Gasteiger partial charge on any atom is -0.618 e. The summed E-state index contributed by atoms with van der Waals surface area (Å²) in [4.78, 5) is 16.5. The van der Waals surface area contributed by atoms with Crippen molar-refractivity contribution in [2.75, 3.05) is 12.4 Å². The summed E-state index contributed by atoms with van der Waals surface area (Å²) in [5, 5.41) is 28.9. The Balaban J connectivity index is 1.36. The Bertz CT molecular complexity index is 1880. The number of nitrogens with zero attached hydrogens (tertiary/aromatic N) is 6. The molecule has 1 atom stereocenters. The van der Waals surface area contributed by atoms with E-state index in [0.717, 1.165) is 21.6 Å². The molecule has 0 spiro atoms. The molecule has 1 aliphatic heterocycles. The van der Waals surface area contributed by atoms with E-state index in [2.05, 4.69) is 25.6 Å². The summed E-state index contributed by atoms with van der Waals surface area (Å²) in [6.45, 7) is 0. The highest BCUT2D eigenvalue weighted by atomic mass is 35.5. The fourth-order valence-corrected chi connectivity index (χ4v) is 5.62. The van der Waals surface area contributed by atoms with Gasteiger partial charge in [0.15, 0.2) is 6.20 Å². The Kier molecular flexibility index (Phi) is 8.36. The Hall–Kier alpha value is -5.06. The van der Waals surface area contributed by atoms with Gasteiger partial charge in [0.25, 0.3) is 0 Å². The van der Waals surface area contributed by atoms with Crippen molar-refractivity contribution in [3.63, 3.8) is 0 Å². The zero-order valence-electron chi connectivity index (χ0n) is 23.4. The first kappa shape index (κ1) is 29.0. The number of hydrogen-bond acceptors (Lipinski definition) is 7. The molecule has 0 aliphatic carbocycles. The number of amides is 1. The predicted molar refractivity (Wildman–Crippen MR) is 169 cm³/mol. The topological polar surface area (TPSA) is 121 Å². The molecule has 44 heavy (non-hydrogen) atoms. The number of methoxy groups -OCH3 is 1. The third-order valence-electron chi connectivity index (χ3n) is 7.29. The van der Waals surface area contributed by atoms with Gasteiger partial charge in [-0.05, 0) is 58.8 Å². The predicted octanol–water partition coefficient (Wildman–Crippen LogP) is 6.57. The lowest BCUT2D eigenvalue weighted by Crippen LogP contribution is -2.36. The van der Waals surface area contributed by atoms with E-state index < -0.39 is 6.09 Å². The molecule has 0 fully saturated rings. The van der Waals surface area contributed by atoms with E-state index in [-0.39, 0.29) is 5.92 Å². The van der Waals surface area contributed by atoms with Crippen molar-refractivity contribution in [1.29, 1.82) is 0 Å². The molecule has 3 aromatic carbocycles. The standard InChI is InChI=1S/C32H25Cl2N7O3/c1-44-32(42)36-24-11-7-21(8-12-24)31-27(34)17-28(37-31)26(15-20-5-3-2-4-6-20)30-13-9-22(18-41(30)43)25-16-23(33)10-14-29(25)40-19-35-38-39-40/h2-14,16,18-19,26H,15,17H2,1H3,(H,36,42). The highest BCUT2D eigenvalue weighted by Gasteiger charge is 2.31. The van der Waals surface area contributed by atoms with Crippen LogP contribution >= 0.6 is 23.2 Å². The molecule has 0 saturated carbocycles. The van der Waals surface area contributed by atoms with Gasteiger partial charge in [-0.1, -0.05) is 65.7 Å². The summed E-state index contributed by atoms with van der Waals surface area (Å²) in [5.41, 5.74) is 6.41. The molecule has 3 heterocycles. The van der Waals surface area contributed by atoms with Gasteiger partial charge < -0.3 is 9.94 Å². The normalized spacial score (nSPS) is 13.5. The summed E-state index contributed by atoms with van der Waals surface area (Å²) in [6, 6.07) is 26.1. The van der Waals surface area contributed by atoms with E-state index >= 15 is 0 Å². The number of aliphatic imine (C=N–C) groups is 1. The number of nitrogens with one attached hydrogen (secondary N) is 1. The summed E-state index contributed by atoms with van der Waals surface area (Å²) in [6.07, 6.45) is 3.41. The van der Waals surface area contributed by atoms with E-state index in [1.54, 1.807) is 30.3 Å². The van der Waals surface area contributed by atoms with Gasteiger partial charge >= 0.3 is 6.09 Å². The number of hydrogen-bond donors (Lipinski definition) is 1. The van der Waals surface area contributed by atoms with Gasteiger partial charge in [0, 0.05) is 50.6 Å². The smallest absolute Gasteiger partial charge is 0.411 e. The minimum atomic E-state index is -0.557. The van der Waals surface area contributed by atoms with Crippen LogP contribution in [-0.2, 0) is 11.2 Å². The van der Waals surface area contributed by atoms with Gasteiger partial charge in [-0.15, -0.1) is 5.10 Å². The molecule has 5 aromatic rings. The molecule has 0 bridgehead atoms. The number of tetrazole rings is 1. The van der Waals surface area contributed by atoms with Gasteiger partial charge in [0.2, 0.25) is 5.69 Å². The van der Waals surface area contributed by atoms with E-state index in [4.69, 9.17) is 28.2 Å². The van der Waals surface area contributed by atoms with Crippen molar-refractivity contribution < 1.29 is 14.3 Å². The largest absolute Gasteiger partial charge is 0.618 e. The zero-order chi connectivity index (χ0) is 30.6. The molecule has 12 heteroatoms. The first-order valence-corrected chi connectivity index (χ1v) is 14.4. The van der Waals surface area contributed by atoms with Crippen LogP contribution < -0.4 is 10.0 Å². The van der Waals surface area contributed by atoms with Crippen LogP contribution in [0.3, 0.4) is 0 Å². The summed E-state index contributed by atoms with van der Waals surface area (Å²) in [5.74, 6) is -0.353.